The van der Waals surface area contributed by atoms with Gasteiger partial charge in [-0.2, -0.15) is 4.39 Å². The molecular formula is C11H11FN4. The Morgan fingerprint density at radius 2 is 2.12 bits per heavy atom. The first-order valence-corrected chi connectivity index (χ1v) is 4.91. The van der Waals surface area contributed by atoms with Crippen molar-refractivity contribution >= 4 is 5.82 Å². The standard InChI is InChI=1S/C11H11FN4/c1-8(9-4-2-3-5-13-9)16-11-6-10(12)14-7-15-11/h2-8H,1H3,(H,14,15,16). The summed E-state index contributed by atoms with van der Waals surface area (Å²) in [6, 6.07) is 6.87. The summed E-state index contributed by atoms with van der Waals surface area (Å²) in [5.74, 6) is -0.101. The van der Waals surface area contributed by atoms with Crippen molar-refractivity contribution in [3.63, 3.8) is 0 Å². The van der Waals surface area contributed by atoms with E-state index >= 15 is 0 Å². The first kappa shape index (κ1) is 10.5. The van der Waals surface area contributed by atoms with E-state index in [2.05, 4.69) is 20.3 Å². The molecule has 0 bridgehead atoms. The lowest BCUT2D eigenvalue weighted by Gasteiger charge is -2.13. The fourth-order valence-electron chi connectivity index (χ4n) is 1.34. The Kier molecular flexibility index (Phi) is 3.05. The zero-order valence-corrected chi connectivity index (χ0v) is 8.76. The van der Waals surface area contributed by atoms with Crippen LogP contribution in [0.3, 0.4) is 0 Å². The van der Waals surface area contributed by atoms with E-state index in [1.165, 1.54) is 12.4 Å². The van der Waals surface area contributed by atoms with E-state index in [0.717, 1.165) is 5.69 Å². The quantitative estimate of drug-likeness (QED) is 0.802. The molecule has 0 fully saturated rings. The lowest BCUT2D eigenvalue weighted by molar-refractivity contribution is 0.579. The highest BCUT2D eigenvalue weighted by Gasteiger charge is 2.07. The largest absolute Gasteiger partial charge is 0.362 e. The van der Waals surface area contributed by atoms with Gasteiger partial charge in [-0.1, -0.05) is 6.07 Å². The van der Waals surface area contributed by atoms with E-state index in [1.807, 2.05) is 25.1 Å². The number of nitrogens with one attached hydrogen (secondary N) is 1. The van der Waals surface area contributed by atoms with Gasteiger partial charge in [-0.25, -0.2) is 9.97 Å². The SMILES string of the molecule is CC(Nc1cc(F)ncn1)c1ccccn1. The number of halogens is 1. The van der Waals surface area contributed by atoms with Crippen LogP contribution in [0.1, 0.15) is 18.7 Å². The van der Waals surface area contributed by atoms with Crippen LogP contribution in [0.4, 0.5) is 10.2 Å². The van der Waals surface area contributed by atoms with Gasteiger partial charge in [0.2, 0.25) is 5.95 Å². The number of pyridine rings is 1. The molecule has 0 aliphatic rings. The van der Waals surface area contributed by atoms with Crippen molar-refractivity contribution < 1.29 is 4.39 Å². The molecule has 0 aromatic carbocycles. The predicted octanol–water partition coefficient (Wildman–Crippen LogP) is 2.18. The highest BCUT2D eigenvalue weighted by Crippen LogP contribution is 2.14. The predicted molar refractivity (Wildman–Crippen MR) is 58.3 cm³/mol. The highest BCUT2D eigenvalue weighted by atomic mass is 19.1. The Labute approximate surface area is 92.6 Å². The fraction of sp³-hybridized carbons (Fsp3) is 0.182. The first-order chi connectivity index (χ1) is 7.75. The molecule has 0 aliphatic heterocycles. The third-order valence-corrected chi connectivity index (χ3v) is 2.13. The molecule has 1 N–H and O–H groups in total. The third-order valence-electron chi connectivity index (χ3n) is 2.13. The van der Waals surface area contributed by atoms with Crippen molar-refractivity contribution in [3.05, 3.63) is 48.4 Å². The van der Waals surface area contributed by atoms with Crippen molar-refractivity contribution in [2.45, 2.75) is 13.0 Å². The summed E-state index contributed by atoms with van der Waals surface area (Å²) in [7, 11) is 0. The maximum atomic E-state index is 12.8. The fourth-order valence-corrected chi connectivity index (χ4v) is 1.34. The molecule has 0 amide bonds. The normalized spacial score (nSPS) is 12.1. The number of aromatic nitrogens is 3. The van der Waals surface area contributed by atoms with Gasteiger partial charge in [0, 0.05) is 12.3 Å². The molecule has 0 spiro atoms. The summed E-state index contributed by atoms with van der Waals surface area (Å²) in [6.45, 7) is 1.93. The van der Waals surface area contributed by atoms with Gasteiger partial charge in [0.1, 0.15) is 12.1 Å². The molecule has 2 heterocycles. The van der Waals surface area contributed by atoms with E-state index in [-0.39, 0.29) is 6.04 Å². The molecule has 4 nitrogen and oxygen atoms in total. The summed E-state index contributed by atoms with van der Waals surface area (Å²) in [4.78, 5) is 11.5. The molecule has 1 atom stereocenters. The Balaban J connectivity index is 2.11. The van der Waals surface area contributed by atoms with Crippen LogP contribution in [-0.4, -0.2) is 15.0 Å². The van der Waals surface area contributed by atoms with E-state index < -0.39 is 5.95 Å². The molecule has 0 saturated carbocycles. The van der Waals surface area contributed by atoms with Crippen molar-refractivity contribution in [2.24, 2.45) is 0 Å². The van der Waals surface area contributed by atoms with Crippen LogP contribution in [-0.2, 0) is 0 Å². The minimum Gasteiger partial charge on any atom is -0.362 e. The summed E-state index contributed by atoms with van der Waals surface area (Å²) < 4.78 is 12.8. The van der Waals surface area contributed by atoms with Crippen molar-refractivity contribution in [1.29, 1.82) is 0 Å². The van der Waals surface area contributed by atoms with Crippen LogP contribution in [0, 0.1) is 5.95 Å². The van der Waals surface area contributed by atoms with E-state index in [1.54, 1.807) is 6.20 Å². The Morgan fingerprint density at radius 3 is 2.81 bits per heavy atom. The average molecular weight is 218 g/mol. The van der Waals surface area contributed by atoms with Gasteiger partial charge in [0.25, 0.3) is 0 Å². The molecule has 1 unspecified atom stereocenters. The Hall–Kier alpha value is -2.04. The van der Waals surface area contributed by atoms with Crippen LogP contribution in [0.2, 0.25) is 0 Å². The third kappa shape index (κ3) is 2.50. The molecule has 5 heteroatoms. The lowest BCUT2D eigenvalue weighted by Crippen LogP contribution is -2.09. The first-order valence-electron chi connectivity index (χ1n) is 4.91. The van der Waals surface area contributed by atoms with Gasteiger partial charge < -0.3 is 5.32 Å². The van der Waals surface area contributed by atoms with Gasteiger partial charge in [0.15, 0.2) is 0 Å². The Bertz CT molecular complexity index is 461. The summed E-state index contributed by atoms with van der Waals surface area (Å²) in [6.07, 6.45) is 2.90. The second kappa shape index (κ2) is 4.65. The summed E-state index contributed by atoms with van der Waals surface area (Å²) in [5.41, 5.74) is 0.876. The van der Waals surface area contributed by atoms with Gasteiger partial charge in [-0.3, -0.25) is 4.98 Å². The second-order valence-corrected chi connectivity index (χ2v) is 3.35. The zero-order valence-electron chi connectivity index (χ0n) is 8.76. The van der Waals surface area contributed by atoms with E-state index in [4.69, 9.17) is 0 Å². The molecule has 16 heavy (non-hydrogen) atoms. The van der Waals surface area contributed by atoms with Crippen molar-refractivity contribution in [1.82, 2.24) is 15.0 Å². The lowest BCUT2D eigenvalue weighted by atomic mass is 10.2. The molecule has 2 aromatic rings. The average Bonchev–Trinajstić information content (AvgIpc) is 2.30. The minimum absolute atomic E-state index is 0.0319. The van der Waals surface area contributed by atoms with Gasteiger partial charge in [-0.15, -0.1) is 0 Å². The maximum absolute atomic E-state index is 12.8. The molecule has 0 aliphatic carbocycles. The smallest absolute Gasteiger partial charge is 0.217 e. The maximum Gasteiger partial charge on any atom is 0.217 e. The van der Waals surface area contributed by atoms with Gasteiger partial charge >= 0.3 is 0 Å². The van der Waals surface area contributed by atoms with Crippen molar-refractivity contribution in [3.8, 4) is 0 Å². The van der Waals surface area contributed by atoms with Crippen LogP contribution < -0.4 is 5.32 Å². The van der Waals surface area contributed by atoms with Crippen LogP contribution in [0.15, 0.2) is 36.8 Å². The number of hydrogen-bond acceptors (Lipinski definition) is 4. The molecule has 0 radical (unpaired) electrons. The molecule has 82 valence electrons. The zero-order chi connectivity index (χ0) is 11.4. The molecule has 2 rings (SSSR count). The Morgan fingerprint density at radius 1 is 1.25 bits per heavy atom. The number of hydrogen-bond donors (Lipinski definition) is 1. The minimum atomic E-state index is -0.550. The summed E-state index contributed by atoms with van der Waals surface area (Å²) in [5, 5.41) is 3.05. The number of nitrogens with zero attached hydrogens (tertiary/aromatic N) is 3. The van der Waals surface area contributed by atoms with E-state index in [9.17, 15) is 4.39 Å². The molecule has 2 aromatic heterocycles. The topological polar surface area (TPSA) is 50.7 Å². The number of anilines is 1. The second-order valence-electron chi connectivity index (χ2n) is 3.35. The van der Waals surface area contributed by atoms with E-state index in [0.29, 0.717) is 5.82 Å². The van der Waals surface area contributed by atoms with Crippen LogP contribution in [0.5, 0.6) is 0 Å². The molecular weight excluding hydrogens is 207 g/mol. The van der Waals surface area contributed by atoms with Crippen molar-refractivity contribution in [2.75, 3.05) is 5.32 Å². The van der Waals surface area contributed by atoms with Gasteiger partial charge in [0.05, 0.1) is 11.7 Å². The highest BCUT2D eigenvalue weighted by molar-refractivity contribution is 5.35. The monoisotopic (exact) mass is 218 g/mol. The van der Waals surface area contributed by atoms with Crippen LogP contribution >= 0.6 is 0 Å². The number of rotatable bonds is 3. The molecule has 0 saturated heterocycles. The van der Waals surface area contributed by atoms with Gasteiger partial charge in [-0.05, 0) is 19.1 Å². The summed E-state index contributed by atoms with van der Waals surface area (Å²) >= 11 is 0. The van der Waals surface area contributed by atoms with Crippen LogP contribution in [0.25, 0.3) is 0 Å².